The standard InChI is InChI=1S/C12H15NO2/c1-12(2,11(14)15)9-5-3-4-8-6-7-13-10(8)9/h3-5,13H,6-7H2,1-2H3,(H,14,15). The molecule has 0 bridgehead atoms. The predicted octanol–water partition coefficient (Wildman–Crippen LogP) is 2.02. The van der Waals surface area contributed by atoms with Gasteiger partial charge < -0.3 is 10.4 Å². The first-order valence-electron chi connectivity index (χ1n) is 5.13. The van der Waals surface area contributed by atoms with Crippen LogP contribution in [0.15, 0.2) is 18.2 Å². The largest absolute Gasteiger partial charge is 0.481 e. The van der Waals surface area contributed by atoms with E-state index in [0.29, 0.717) is 0 Å². The van der Waals surface area contributed by atoms with E-state index >= 15 is 0 Å². The predicted molar refractivity (Wildman–Crippen MR) is 59.3 cm³/mol. The molecule has 15 heavy (non-hydrogen) atoms. The highest BCUT2D eigenvalue weighted by Crippen LogP contribution is 2.35. The summed E-state index contributed by atoms with van der Waals surface area (Å²) in [6.45, 7) is 4.39. The molecule has 3 heteroatoms. The summed E-state index contributed by atoms with van der Waals surface area (Å²) in [5.74, 6) is -0.787. The van der Waals surface area contributed by atoms with E-state index in [1.807, 2.05) is 12.1 Å². The van der Waals surface area contributed by atoms with Crippen LogP contribution in [0.4, 0.5) is 5.69 Å². The van der Waals surface area contributed by atoms with Crippen LogP contribution in [0.5, 0.6) is 0 Å². The normalized spacial score (nSPS) is 14.5. The molecule has 80 valence electrons. The van der Waals surface area contributed by atoms with Crippen LogP contribution in [0.2, 0.25) is 0 Å². The Morgan fingerprint density at radius 2 is 2.20 bits per heavy atom. The molecule has 1 aliphatic rings. The highest BCUT2D eigenvalue weighted by atomic mass is 16.4. The maximum absolute atomic E-state index is 11.2. The van der Waals surface area contributed by atoms with Crippen LogP contribution in [0.3, 0.4) is 0 Å². The molecule has 2 N–H and O–H groups in total. The van der Waals surface area contributed by atoms with E-state index < -0.39 is 11.4 Å². The summed E-state index contributed by atoms with van der Waals surface area (Å²) in [6.07, 6.45) is 0.985. The minimum atomic E-state index is -0.831. The molecule has 0 saturated heterocycles. The number of para-hydroxylation sites is 1. The number of nitrogens with one attached hydrogen (secondary N) is 1. The van der Waals surface area contributed by atoms with Gasteiger partial charge in [0.05, 0.1) is 5.41 Å². The van der Waals surface area contributed by atoms with Gasteiger partial charge in [0, 0.05) is 12.2 Å². The summed E-state index contributed by atoms with van der Waals surface area (Å²) in [4.78, 5) is 11.2. The van der Waals surface area contributed by atoms with Crippen molar-refractivity contribution in [1.29, 1.82) is 0 Å². The molecule has 0 fully saturated rings. The third-order valence-corrected chi connectivity index (χ3v) is 3.05. The third-order valence-electron chi connectivity index (χ3n) is 3.05. The van der Waals surface area contributed by atoms with Gasteiger partial charge in [-0.25, -0.2) is 0 Å². The lowest BCUT2D eigenvalue weighted by molar-refractivity contribution is -0.142. The van der Waals surface area contributed by atoms with Gasteiger partial charge in [-0.3, -0.25) is 4.79 Å². The fraction of sp³-hybridized carbons (Fsp3) is 0.417. The van der Waals surface area contributed by atoms with E-state index in [4.69, 9.17) is 0 Å². The molecule has 0 spiro atoms. The van der Waals surface area contributed by atoms with Crippen molar-refractivity contribution in [1.82, 2.24) is 0 Å². The third kappa shape index (κ3) is 1.48. The number of carboxylic acid groups (broad SMARTS) is 1. The van der Waals surface area contributed by atoms with Crippen molar-refractivity contribution in [2.75, 3.05) is 11.9 Å². The lowest BCUT2D eigenvalue weighted by Crippen LogP contribution is -2.29. The lowest BCUT2D eigenvalue weighted by atomic mass is 9.83. The molecule has 0 radical (unpaired) electrons. The lowest BCUT2D eigenvalue weighted by Gasteiger charge is -2.22. The van der Waals surface area contributed by atoms with Crippen LogP contribution in [0, 0.1) is 0 Å². The van der Waals surface area contributed by atoms with Gasteiger partial charge in [0.15, 0.2) is 0 Å². The Kier molecular flexibility index (Phi) is 2.18. The Morgan fingerprint density at radius 1 is 1.47 bits per heavy atom. The first kappa shape index (κ1) is 10.0. The maximum Gasteiger partial charge on any atom is 0.313 e. The van der Waals surface area contributed by atoms with E-state index in [9.17, 15) is 9.90 Å². The molecular weight excluding hydrogens is 190 g/mol. The zero-order chi connectivity index (χ0) is 11.1. The Labute approximate surface area is 89.1 Å². The molecule has 1 aliphatic heterocycles. The summed E-state index contributed by atoms with van der Waals surface area (Å²) >= 11 is 0. The summed E-state index contributed by atoms with van der Waals surface area (Å²) in [5, 5.41) is 12.5. The van der Waals surface area contributed by atoms with Gasteiger partial charge in [-0.1, -0.05) is 18.2 Å². The summed E-state index contributed by atoms with van der Waals surface area (Å²) in [7, 11) is 0. The van der Waals surface area contributed by atoms with Crippen molar-refractivity contribution in [3.05, 3.63) is 29.3 Å². The number of carbonyl (C=O) groups is 1. The van der Waals surface area contributed by atoms with Crippen molar-refractivity contribution < 1.29 is 9.90 Å². The molecule has 3 nitrogen and oxygen atoms in total. The molecule has 1 aromatic carbocycles. The van der Waals surface area contributed by atoms with Crippen molar-refractivity contribution in [2.24, 2.45) is 0 Å². The first-order chi connectivity index (χ1) is 7.03. The minimum Gasteiger partial charge on any atom is -0.481 e. The van der Waals surface area contributed by atoms with Gasteiger partial charge in [-0.15, -0.1) is 0 Å². The Hall–Kier alpha value is -1.51. The number of anilines is 1. The SMILES string of the molecule is CC(C)(C(=O)O)c1cccc2c1NCC2. The van der Waals surface area contributed by atoms with Crippen LogP contribution in [-0.4, -0.2) is 17.6 Å². The highest BCUT2D eigenvalue weighted by Gasteiger charge is 2.33. The molecule has 0 aromatic heterocycles. The number of aliphatic carboxylic acids is 1. The molecule has 1 heterocycles. The fourth-order valence-corrected chi connectivity index (χ4v) is 1.98. The van der Waals surface area contributed by atoms with Crippen LogP contribution in [0.25, 0.3) is 0 Å². The van der Waals surface area contributed by atoms with Gasteiger partial charge in [-0.2, -0.15) is 0 Å². The van der Waals surface area contributed by atoms with Crippen molar-refractivity contribution >= 4 is 11.7 Å². The zero-order valence-electron chi connectivity index (χ0n) is 9.00. The van der Waals surface area contributed by atoms with Crippen molar-refractivity contribution in [2.45, 2.75) is 25.7 Å². The Bertz CT molecular complexity index is 410. The summed E-state index contributed by atoms with van der Waals surface area (Å²) < 4.78 is 0. The molecule has 0 unspecified atom stereocenters. The van der Waals surface area contributed by atoms with Gasteiger partial charge >= 0.3 is 5.97 Å². The van der Waals surface area contributed by atoms with Crippen LogP contribution in [0.1, 0.15) is 25.0 Å². The number of rotatable bonds is 2. The number of hydrogen-bond donors (Lipinski definition) is 2. The van der Waals surface area contributed by atoms with E-state index in [1.54, 1.807) is 13.8 Å². The average Bonchev–Trinajstić information content (AvgIpc) is 2.64. The molecular formula is C12H15NO2. The molecule has 0 amide bonds. The molecule has 1 aromatic rings. The van der Waals surface area contributed by atoms with Crippen LogP contribution >= 0.6 is 0 Å². The van der Waals surface area contributed by atoms with Gasteiger partial charge in [-0.05, 0) is 31.4 Å². The second-order valence-electron chi connectivity index (χ2n) is 4.45. The number of hydrogen-bond acceptors (Lipinski definition) is 2. The molecule has 0 saturated carbocycles. The maximum atomic E-state index is 11.2. The van der Waals surface area contributed by atoms with E-state index in [1.165, 1.54) is 5.56 Å². The molecule has 0 aliphatic carbocycles. The zero-order valence-corrected chi connectivity index (χ0v) is 9.00. The second kappa shape index (κ2) is 3.26. The average molecular weight is 205 g/mol. The molecule has 0 atom stereocenters. The molecule has 2 rings (SSSR count). The Balaban J connectivity index is 2.54. The van der Waals surface area contributed by atoms with E-state index in [-0.39, 0.29) is 0 Å². The van der Waals surface area contributed by atoms with Gasteiger partial charge in [0.1, 0.15) is 0 Å². The summed E-state index contributed by atoms with van der Waals surface area (Å²) in [5.41, 5.74) is 2.29. The quantitative estimate of drug-likeness (QED) is 0.776. The van der Waals surface area contributed by atoms with Crippen LogP contribution in [-0.2, 0) is 16.6 Å². The van der Waals surface area contributed by atoms with E-state index in [0.717, 1.165) is 24.2 Å². The van der Waals surface area contributed by atoms with Crippen molar-refractivity contribution in [3.8, 4) is 0 Å². The number of fused-ring (bicyclic) bond motifs is 1. The summed E-state index contributed by atoms with van der Waals surface area (Å²) in [6, 6.07) is 5.88. The first-order valence-corrected chi connectivity index (χ1v) is 5.13. The van der Waals surface area contributed by atoms with E-state index in [2.05, 4.69) is 11.4 Å². The highest BCUT2D eigenvalue weighted by molar-refractivity contribution is 5.84. The minimum absolute atomic E-state index is 0.787. The second-order valence-corrected chi connectivity index (χ2v) is 4.45. The smallest absolute Gasteiger partial charge is 0.313 e. The number of carboxylic acids is 1. The Morgan fingerprint density at radius 3 is 2.87 bits per heavy atom. The van der Waals surface area contributed by atoms with Gasteiger partial charge in [0.25, 0.3) is 0 Å². The topological polar surface area (TPSA) is 49.3 Å². The van der Waals surface area contributed by atoms with Gasteiger partial charge in [0.2, 0.25) is 0 Å². The monoisotopic (exact) mass is 205 g/mol. The number of benzene rings is 1. The van der Waals surface area contributed by atoms with Crippen LogP contribution < -0.4 is 5.32 Å². The van der Waals surface area contributed by atoms with Crippen molar-refractivity contribution in [3.63, 3.8) is 0 Å². The fourth-order valence-electron chi connectivity index (χ4n) is 1.98.